The first-order chi connectivity index (χ1) is 3.42. The fourth-order valence-electron chi connectivity index (χ4n) is 0.548. The van der Waals surface area contributed by atoms with Crippen molar-refractivity contribution >= 4 is 0 Å². The topological polar surface area (TPSA) is 40.5 Å². The Morgan fingerprint density at radius 2 is 1.62 bits per heavy atom. The monoisotopic (exact) mass is 118 g/mol. The van der Waals surface area contributed by atoms with E-state index in [0.29, 0.717) is 6.42 Å². The molecule has 0 aromatic heterocycles. The van der Waals surface area contributed by atoms with E-state index in [1.165, 1.54) is 0 Å². The highest BCUT2D eigenvalue weighted by Crippen LogP contribution is 2.19. The van der Waals surface area contributed by atoms with Crippen molar-refractivity contribution in [1.82, 2.24) is 0 Å². The first-order valence-electron chi connectivity index (χ1n) is 2.78. The molecule has 0 aromatic carbocycles. The lowest BCUT2D eigenvalue weighted by molar-refractivity contribution is -0.0648. The van der Waals surface area contributed by atoms with Crippen molar-refractivity contribution in [3.8, 4) is 0 Å². The van der Waals surface area contributed by atoms with Gasteiger partial charge in [-0.05, 0) is 5.41 Å². The average Bonchev–Trinajstić information content (AvgIpc) is 1.21. The zero-order valence-corrected chi connectivity index (χ0v) is 5.68. The molecule has 2 nitrogen and oxygen atoms in total. The zero-order chi connectivity index (χ0) is 6.78. The highest BCUT2D eigenvalue weighted by molar-refractivity contribution is 4.60. The second-order valence-electron chi connectivity index (χ2n) is 3.25. The van der Waals surface area contributed by atoms with Gasteiger partial charge >= 0.3 is 0 Å². The maximum Gasteiger partial charge on any atom is 0.151 e. The molecule has 0 saturated heterocycles. The van der Waals surface area contributed by atoms with E-state index < -0.39 is 6.29 Å². The Labute approximate surface area is 50.2 Å². The second-order valence-corrected chi connectivity index (χ2v) is 3.25. The summed E-state index contributed by atoms with van der Waals surface area (Å²) in [6.45, 7) is 5.89. The summed E-state index contributed by atoms with van der Waals surface area (Å²) in [5.74, 6) is 0. The zero-order valence-electron chi connectivity index (χ0n) is 5.68. The fourth-order valence-corrected chi connectivity index (χ4v) is 0.548. The molecule has 0 aromatic rings. The van der Waals surface area contributed by atoms with Crippen LogP contribution >= 0.6 is 0 Å². The molecular weight excluding hydrogens is 104 g/mol. The van der Waals surface area contributed by atoms with E-state index in [1.54, 1.807) is 0 Å². The van der Waals surface area contributed by atoms with E-state index in [9.17, 15) is 0 Å². The summed E-state index contributed by atoms with van der Waals surface area (Å²) in [5.41, 5.74) is 0.0220. The molecule has 2 heteroatoms. The van der Waals surface area contributed by atoms with E-state index in [4.69, 9.17) is 10.2 Å². The van der Waals surface area contributed by atoms with E-state index in [1.807, 2.05) is 20.8 Å². The van der Waals surface area contributed by atoms with Crippen molar-refractivity contribution in [1.29, 1.82) is 0 Å². The Bertz CT molecular complexity index is 61.4. The highest BCUT2D eigenvalue weighted by atomic mass is 16.5. The van der Waals surface area contributed by atoms with Crippen LogP contribution in [0.15, 0.2) is 0 Å². The van der Waals surface area contributed by atoms with Gasteiger partial charge < -0.3 is 10.2 Å². The molecule has 0 atom stereocenters. The fraction of sp³-hybridized carbons (Fsp3) is 1.00. The van der Waals surface area contributed by atoms with Gasteiger partial charge in [0.2, 0.25) is 0 Å². The molecule has 0 aliphatic heterocycles. The van der Waals surface area contributed by atoms with E-state index in [-0.39, 0.29) is 5.41 Å². The van der Waals surface area contributed by atoms with Crippen molar-refractivity contribution in [2.24, 2.45) is 5.41 Å². The van der Waals surface area contributed by atoms with Crippen LogP contribution in [0.25, 0.3) is 0 Å². The van der Waals surface area contributed by atoms with Gasteiger partial charge in [0.05, 0.1) is 0 Å². The Hall–Kier alpha value is -0.0800. The van der Waals surface area contributed by atoms with Gasteiger partial charge in [0, 0.05) is 6.42 Å². The molecule has 2 N–H and O–H groups in total. The van der Waals surface area contributed by atoms with Crippen molar-refractivity contribution in [3.05, 3.63) is 0 Å². The van der Waals surface area contributed by atoms with Crippen LogP contribution in [-0.2, 0) is 0 Å². The Morgan fingerprint density at radius 1 is 1.25 bits per heavy atom. The van der Waals surface area contributed by atoms with Gasteiger partial charge in [0.1, 0.15) is 0 Å². The molecule has 0 bridgehead atoms. The smallest absolute Gasteiger partial charge is 0.151 e. The Balaban J connectivity index is 3.39. The molecule has 0 heterocycles. The summed E-state index contributed by atoms with van der Waals surface area (Å²) >= 11 is 0. The molecule has 0 fully saturated rings. The first-order valence-corrected chi connectivity index (χ1v) is 2.78. The molecule has 0 spiro atoms. The molecule has 0 unspecified atom stereocenters. The Morgan fingerprint density at radius 3 is 1.62 bits per heavy atom. The molecule has 0 amide bonds. The van der Waals surface area contributed by atoms with Crippen molar-refractivity contribution < 1.29 is 10.2 Å². The molecule has 0 radical (unpaired) electrons. The van der Waals surface area contributed by atoms with Gasteiger partial charge in [-0.3, -0.25) is 0 Å². The summed E-state index contributed by atoms with van der Waals surface area (Å²) in [5, 5.41) is 16.9. The van der Waals surface area contributed by atoms with Crippen LogP contribution in [0.5, 0.6) is 0 Å². The molecule has 0 aliphatic carbocycles. The third-order valence-corrected chi connectivity index (χ3v) is 0.795. The van der Waals surface area contributed by atoms with Crippen molar-refractivity contribution in [3.63, 3.8) is 0 Å². The summed E-state index contributed by atoms with van der Waals surface area (Å²) < 4.78 is 0. The van der Waals surface area contributed by atoms with Crippen molar-refractivity contribution in [2.75, 3.05) is 0 Å². The number of aliphatic hydroxyl groups is 2. The lowest BCUT2D eigenvalue weighted by Crippen LogP contribution is -2.16. The van der Waals surface area contributed by atoms with Crippen LogP contribution in [-0.4, -0.2) is 16.5 Å². The third kappa shape index (κ3) is 5.92. The van der Waals surface area contributed by atoms with Crippen LogP contribution in [0, 0.1) is 5.41 Å². The maximum absolute atomic E-state index is 8.44. The lowest BCUT2D eigenvalue weighted by atomic mass is 9.92. The maximum atomic E-state index is 8.44. The minimum atomic E-state index is -1.16. The quantitative estimate of drug-likeness (QED) is 0.498. The molecule has 8 heavy (non-hydrogen) atoms. The number of aliphatic hydroxyl groups excluding tert-OH is 1. The minimum absolute atomic E-state index is 0.0220. The van der Waals surface area contributed by atoms with Crippen LogP contribution in [0.4, 0.5) is 0 Å². The number of hydrogen-bond acceptors (Lipinski definition) is 2. The van der Waals surface area contributed by atoms with Gasteiger partial charge in [-0.2, -0.15) is 0 Å². The molecule has 50 valence electrons. The SMILES string of the molecule is CC(C)(C)CC(O)O. The van der Waals surface area contributed by atoms with E-state index >= 15 is 0 Å². The highest BCUT2D eigenvalue weighted by Gasteiger charge is 2.13. The summed E-state index contributed by atoms with van der Waals surface area (Å²) in [6.07, 6.45) is -0.720. The van der Waals surface area contributed by atoms with E-state index in [2.05, 4.69) is 0 Å². The lowest BCUT2D eigenvalue weighted by Gasteiger charge is -2.18. The van der Waals surface area contributed by atoms with E-state index in [0.717, 1.165) is 0 Å². The predicted octanol–water partition coefficient (Wildman–Crippen LogP) is 0.733. The molecule has 0 saturated carbocycles. The van der Waals surface area contributed by atoms with Crippen molar-refractivity contribution in [2.45, 2.75) is 33.5 Å². The predicted molar refractivity (Wildman–Crippen MR) is 32.3 cm³/mol. The summed E-state index contributed by atoms with van der Waals surface area (Å²) in [7, 11) is 0. The minimum Gasteiger partial charge on any atom is -0.368 e. The average molecular weight is 118 g/mol. The van der Waals surface area contributed by atoms with Gasteiger partial charge in [-0.1, -0.05) is 20.8 Å². The van der Waals surface area contributed by atoms with Crippen LogP contribution in [0.2, 0.25) is 0 Å². The molecule has 0 rings (SSSR count). The standard InChI is InChI=1S/C6H14O2/c1-6(2,3)4-5(7)8/h5,7-8H,4H2,1-3H3. The summed E-state index contributed by atoms with van der Waals surface area (Å²) in [6, 6.07) is 0. The Kier molecular flexibility index (Phi) is 2.44. The summed E-state index contributed by atoms with van der Waals surface area (Å²) in [4.78, 5) is 0. The molecule has 0 aliphatic rings. The van der Waals surface area contributed by atoms with Gasteiger partial charge in [0.15, 0.2) is 6.29 Å². The van der Waals surface area contributed by atoms with Gasteiger partial charge in [-0.25, -0.2) is 0 Å². The largest absolute Gasteiger partial charge is 0.368 e. The van der Waals surface area contributed by atoms with Crippen LogP contribution in [0.1, 0.15) is 27.2 Å². The van der Waals surface area contributed by atoms with Gasteiger partial charge in [-0.15, -0.1) is 0 Å². The van der Waals surface area contributed by atoms with Gasteiger partial charge in [0.25, 0.3) is 0 Å². The first kappa shape index (κ1) is 7.92. The second kappa shape index (κ2) is 2.46. The third-order valence-electron chi connectivity index (χ3n) is 0.795. The van der Waals surface area contributed by atoms with Crippen LogP contribution < -0.4 is 0 Å². The van der Waals surface area contributed by atoms with Crippen LogP contribution in [0.3, 0.4) is 0 Å². The molecular formula is C6H14O2. The number of hydrogen-bond donors (Lipinski definition) is 2. The number of rotatable bonds is 1. The normalized spacial score (nSPS) is 12.8.